The van der Waals surface area contributed by atoms with E-state index in [9.17, 15) is 4.21 Å². The highest BCUT2D eigenvalue weighted by molar-refractivity contribution is 7.80. The number of rotatable bonds is 3. The van der Waals surface area contributed by atoms with E-state index in [1.54, 1.807) is 0 Å². The summed E-state index contributed by atoms with van der Waals surface area (Å²) in [5.74, 6) is 0. The van der Waals surface area contributed by atoms with Crippen molar-refractivity contribution in [3.63, 3.8) is 0 Å². The summed E-state index contributed by atoms with van der Waals surface area (Å²) in [7, 11) is 0. The Kier molecular flexibility index (Phi) is 4.54. The quantitative estimate of drug-likeness (QED) is 0.781. The lowest BCUT2D eigenvalue weighted by Crippen LogP contribution is -2.37. The van der Waals surface area contributed by atoms with Crippen LogP contribution in [0.2, 0.25) is 0 Å². The molecule has 0 spiro atoms. The molecule has 1 heterocycles. The van der Waals surface area contributed by atoms with Gasteiger partial charge in [0.25, 0.3) is 0 Å². The van der Waals surface area contributed by atoms with Gasteiger partial charge in [-0.15, -0.1) is 0 Å². The van der Waals surface area contributed by atoms with Crippen LogP contribution in [0.25, 0.3) is 0 Å². The van der Waals surface area contributed by atoms with E-state index in [0.29, 0.717) is 6.61 Å². The first-order valence-corrected chi connectivity index (χ1v) is 6.37. The zero-order chi connectivity index (χ0) is 10.6. The molecule has 0 amide bonds. The molecule has 2 unspecified atom stereocenters. The molecule has 0 aromatic rings. The lowest BCUT2D eigenvalue weighted by atomic mass is 9.99. The number of piperidine rings is 1. The van der Waals surface area contributed by atoms with Crippen LogP contribution in [0.4, 0.5) is 0 Å². The Morgan fingerprint density at radius 2 is 2.21 bits per heavy atom. The van der Waals surface area contributed by atoms with Crippen molar-refractivity contribution in [2.45, 2.75) is 38.9 Å². The Hall–Kier alpha value is 0.0700. The van der Waals surface area contributed by atoms with Gasteiger partial charge < -0.3 is 5.32 Å². The van der Waals surface area contributed by atoms with Crippen molar-refractivity contribution in [3.8, 4) is 0 Å². The third-order valence-corrected chi connectivity index (χ3v) is 3.43. The van der Waals surface area contributed by atoms with E-state index in [4.69, 9.17) is 4.18 Å². The normalized spacial score (nSPS) is 26.1. The second kappa shape index (κ2) is 5.24. The van der Waals surface area contributed by atoms with Crippen LogP contribution in [0.15, 0.2) is 0 Å². The molecule has 0 saturated carbocycles. The Morgan fingerprint density at radius 3 is 2.71 bits per heavy atom. The van der Waals surface area contributed by atoms with Crippen molar-refractivity contribution in [2.24, 2.45) is 5.41 Å². The van der Waals surface area contributed by atoms with Crippen LogP contribution in [0.5, 0.6) is 0 Å². The molecule has 2 atom stereocenters. The Labute approximate surface area is 89.3 Å². The molecule has 1 saturated heterocycles. The molecule has 1 aliphatic heterocycles. The Bertz CT molecular complexity index is 195. The molecule has 0 aromatic heterocycles. The van der Waals surface area contributed by atoms with Crippen molar-refractivity contribution in [3.05, 3.63) is 0 Å². The van der Waals surface area contributed by atoms with Gasteiger partial charge in [0, 0.05) is 6.54 Å². The van der Waals surface area contributed by atoms with Gasteiger partial charge in [0.1, 0.15) is 0 Å². The fourth-order valence-corrected chi connectivity index (χ4v) is 2.59. The largest absolute Gasteiger partial charge is 0.315 e. The highest BCUT2D eigenvalue weighted by Gasteiger charge is 2.22. The van der Waals surface area contributed by atoms with E-state index in [1.165, 1.54) is 0 Å². The van der Waals surface area contributed by atoms with Crippen molar-refractivity contribution >= 4 is 11.1 Å². The molecule has 3 nitrogen and oxygen atoms in total. The van der Waals surface area contributed by atoms with Crippen LogP contribution < -0.4 is 5.32 Å². The van der Waals surface area contributed by atoms with Gasteiger partial charge in [0.2, 0.25) is 0 Å². The van der Waals surface area contributed by atoms with E-state index in [2.05, 4.69) is 26.1 Å². The van der Waals surface area contributed by atoms with Gasteiger partial charge in [0.15, 0.2) is 11.1 Å². The first kappa shape index (κ1) is 12.1. The van der Waals surface area contributed by atoms with Gasteiger partial charge >= 0.3 is 0 Å². The van der Waals surface area contributed by atoms with Gasteiger partial charge in [-0.25, -0.2) is 4.21 Å². The van der Waals surface area contributed by atoms with Gasteiger partial charge in [-0.2, -0.15) is 0 Å². The molecule has 0 radical (unpaired) electrons. The van der Waals surface area contributed by atoms with Crippen molar-refractivity contribution in [2.75, 3.05) is 19.7 Å². The molecule has 1 N–H and O–H groups in total. The summed E-state index contributed by atoms with van der Waals surface area (Å²) in [6.45, 7) is 8.70. The van der Waals surface area contributed by atoms with E-state index < -0.39 is 11.1 Å². The van der Waals surface area contributed by atoms with Crippen LogP contribution in [0.1, 0.15) is 33.6 Å². The highest BCUT2D eigenvalue weighted by Crippen LogP contribution is 2.16. The summed E-state index contributed by atoms with van der Waals surface area (Å²) < 4.78 is 17.1. The monoisotopic (exact) mass is 219 g/mol. The van der Waals surface area contributed by atoms with Crippen LogP contribution in [-0.4, -0.2) is 29.2 Å². The maximum absolute atomic E-state index is 11.7. The second-order valence-corrected chi connectivity index (χ2v) is 6.48. The van der Waals surface area contributed by atoms with E-state index in [0.717, 1.165) is 25.9 Å². The maximum atomic E-state index is 11.7. The van der Waals surface area contributed by atoms with Gasteiger partial charge in [-0.1, -0.05) is 20.8 Å². The SMILES string of the molecule is CC(C)(C)COS(=O)C1CCCNC1. The first-order chi connectivity index (χ1) is 6.49. The summed E-state index contributed by atoms with van der Waals surface area (Å²) in [4.78, 5) is 0. The molecule has 0 aromatic carbocycles. The van der Waals surface area contributed by atoms with Crippen molar-refractivity contribution < 1.29 is 8.39 Å². The number of nitrogens with one attached hydrogen (secondary N) is 1. The molecule has 1 fully saturated rings. The molecule has 4 heteroatoms. The predicted molar refractivity (Wildman–Crippen MR) is 59.4 cm³/mol. The summed E-state index contributed by atoms with van der Waals surface area (Å²) in [5, 5.41) is 3.43. The van der Waals surface area contributed by atoms with Gasteiger partial charge in [0.05, 0.1) is 11.9 Å². The van der Waals surface area contributed by atoms with Gasteiger partial charge in [-0.3, -0.25) is 4.18 Å². The minimum Gasteiger partial charge on any atom is -0.315 e. The third-order valence-electron chi connectivity index (χ3n) is 2.13. The summed E-state index contributed by atoms with van der Waals surface area (Å²) >= 11 is -1.12. The van der Waals surface area contributed by atoms with E-state index >= 15 is 0 Å². The molecule has 0 bridgehead atoms. The maximum Gasteiger partial charge on any atom is 0.159 e. The van der Waals surface area contributed by atoms with Crippen LogP contribution in [0.3, 0.4) is 0 Å². The number of hydrogen-bond acceptors (Lipinski definition) is 3. The predicted octanol–water partition coefficient (Wildman–Crippen LogP) is 1.46. The summed E-state index contributed by atoms with van der Waals surface area (Å²) in [5.41, 5.74) is 0.0950. The van der Waals surface area contributed by atoms with E-state index in [1.807, 2.05) is 0 Å². The topological polar surface area (TPSA) is 38.3 Å². The average Bonchev–Trinajstić information content (AvgIpc) is 2.14. The molecule has 0 aliphatic carbocycles. The molecule has 1 rings (SSSR count). The first-order valence-electron chi connectivity index (χ1n) is 5.23. The smallest absolute Gasteiger partial charge is 0.159 e. The minimum absolute atomic E-state index is 0.0950. The highest BCUT2D eigenvalue weighted by atomic mass is 32.2. The van der Waals surface area contributed by atoms with E-state index in [-0.39, 0.29) is 10.7 Å². The molecule has 1 aliphatic rings. The minimum atomic E-state index is -1.12. The Morgan fingerprint density at radius 1 is 1.50 bits per heavy atom. The molecule has 14 heavy (non-hydrogen) atoms. The van der Waals surface area contributed by atoms with Gasteiger partial charge in [-0.05, 0) is 24.8 Å². The second-order valence-electron chi connectivity index (χ2n) is 5.05. The fourth-order valence-electron chi connectivity index (χ4n) is 1.32. The Balaban J connectivity index is 2.27. The molecular weight excluding hydrogens is 198 g/mol. The zero-order valence-corrected chi connectivity index (χ0v) is 10.2. The molecular formula is C10H21NO2S. The zero-order valence-electron chi connectivity index (χ0n) is 9.34. The molecule has 84 valence electrons. The fraction of sp³-hybridized carbons (Fsp3) is 1.00. The van der Waals surface area contributed by atoms with Crippen molar-refractivity contribution in [1.82, 2.24) is 5.32 Å². The average molecular weight is 219 g/mol. The number of hydrogen-bond donors (Lipinski definition) is 1. The van der Waals surface area contributed by atoms with Crippen LogP contribution in [-0.2, 0) is 15.3 Å². The standard InChI is InChI=1S/C10H21NO2S/c1-10(2,3)8-13-14(12)9-5-4-6-11-7-9/h9,11H,4-8H2,1-3H3. The van der Waals surface area contributed by atoms with Crippen LogP contribution >= 0.6 is 0 Å². The summed E-state index contributed by atoms with van der Waals surface area (Å²) in [6.07, 6.45) is 2.12. The lowest BCUT2D eigenvalue weighted by molar-refractivity contribution is 0.212. The lowest BCUT2D eigenvalue weighted by Gasteiger charge is -2.23. The third kappa shape index (κ3) is 4.53. The van der Waals surface area contributed by atoms with Crippen molar-refractivity contribution in [1.29, 1.82) is 0 Å². The van der Waals surface area contributed by atoms with Crippen LogP contribution in [0, 0.1) is 5.41 Å². The summed E-state index contributed by atoms with van der Waals surface area (Å²) in [6, 6.07) is 0.